The Balaban J connectivity index is 1.71. The predicted octanol–water partition coefficient (Wildman–Crippen LogP) is 3.91. The van der Waals surface area contributed by atoms with E-state index in [-0.39, 0.29) is 11.5 Å². The Morgan fingerprint density at radius 3 is 2.32 bits per heavy atom. The van der Waals surface area contributed by atoms with Crippen LogP contribution in [0.3, 0.4) is 0 Å². The number of ether oxygens (including phenoxy) is 4. The van der Waals surface area contributed by atoms with Crippen molar-refractivity contribution in [2.75, 3.05) is 33.8 Å². The smallest absolute Gasteiger partial charge is 0.271 e. The van der Waals surface area contributed by atoms with Crippen molar-refractivity contribution in [2.24, 2.45) is 4.99 Å². The highest BCUT2D eigenvalue weighted by atomic mass is 32.1. The lowest BCUT2D eigenvalue weighted by atomic mass is 9.94. The normalized spacial score (nSPS) is 14.7. The Morgan fingerprint density at radius 1 is 0.902 bits per heavy atom. The monoisotopic (exact) mass is 571 g/mol. The third-order valence-electron chi connectivity index (χ3n) is 6.74. The summed E-state index contributed by atoms with van der Waals surface area (Å²) in [7, 11) is 6.23. The summed E-state index contributed by atoms with van der Waals surface area (Å²) in [5, 5.41) is 2.95. The summed E-state index contributed by atoms with van der Waals surface area (Å²) in [6.07, 6.45) is 1.77. The molecule has 1 aromatic heterocycles. The number of fused-ring (bicyclic) bond motifs is 1. The van der Waals surface area contributed by atoms with Crippen molar-refractivity contribution in [2.45, 2.75) is 13.0 Å². The van der Waals surface area contributed by atoms with Gasteiger partial charge in [0.05, 0.1) is 44.2 Å². The van der Waals surface area contributed by atoms with Crippen molar-refractivity contribution in [1.29, 1.82) is 0 Å². The van der Waals surface area contributed by atoms with Gasteiger partial charge in [-0.3, -0.25) is 14.2 Å². The zero-order valence-corrected chi connectivity index (χ0v) is 24.1. The van der Waals surface area contributed by atoms with Gasteiger partial charge in [0, 0.05) is 17.3 Å². The van der Waals surface area contributed by atoms with Crippen LogP contribution in [-0.2, 0) is 4.79 Å². The van der Waals surface area contributed by atoms with Crippen molar-refractivity contribution < 1.29 is 23.7 Å². The molecule has 0 saturated heterocycles. The molecule has 0 saturated carbocycles. The van der Waals surface area contributed by atoms with Crippen LogP contribution >= 0.6 is 11.3 Å². The number of aromatic nitrogens is 1. The van der Waals surface area contributed by atoms with Crippen LogP contribution in [0.2, 0.25) is 0 Å². The number of para-hydroxylation sites is 1. The number of hydrogen-bond acceptors (Lipinski definition) is 8. The number of thiazole rings is 1. The second-order valence-corrected chi connectivity index (χ2v) is 10.1. The molecule has 5 rings (SSSR count). The van der Waals surface area contributed by atoms with Crippen LogP contribution in [0.1, 0.15) is 24.1 Å². The Labute approximate surface area is 240 Å². The molecule has 0 radical (unpaired) electrons. The molecule has 10 heteroatoms. The van der Waals surface area contributed by atoms with Gasteiger partial charge in [0.15, 0.2) is 16.3 Å². The molecule has 4 aromatic rings. The zero-order chi connectivity index (χ0) is 29.1. The van der Waals surface area contributed by atoms with Crippen molar-refractivity contribution >= 4 is 29.0 Å². The van der Waals surface area contributed by atoms with Crippen LogP contribution in [0.25, 0.3) is 6.08 Å². The van der Waals surface area contributed by atoms with Crippen LogP contribution < -0.4 is 39.2 Å². The fourth-order valence-corrected chi connectivity index (χ4v) is 5.81. The molecule has 2 heterocycles. The number of carbonyl (C=O) groups excluding carboxylic acids is 1. The van der Waals surface area contributed by atoms with Crippen molar-refractivity contribution in [3.8, 4) is 23.0 Å². The van der Waals surface area contributed by atoms with Crippen LogP contribution in [0.15, 0.2) is 87.8 Å². The van der Waals surface area contributed by atoms with Crippen molar-refractivity contribution in [3.63, 3.8) is 0 Å². The number of anilines is 1. The SMILES string of the molecule is COc1ccc([C@H]2C(C(=O)Nc3ccccc3)=C(C)N=c3s/c(=C\c4ccc(OC)c(OC)c4)c(=O)n32)c(OC)c1. The van der Waals surface area contributed by atoms with Crippen LogP contribution in [-0.4, -0.2) is 38.9 Å². The van der Waals surface area contributed by atoms with E-state index in [2.05, 4.69) is 5.32 Å². The average Bonchev–Trinajstić information content (AvgIpc) is 3.30. The Hall–Kier alpha value is -4.83. The van der Waals surface area contributed by atoms with E-state index in [1.54, 1.807) is 82.4 Å². The summed E-state index contributed by atoms with van der Waals surface area (Å²) >= 11 is 1.25. The Bertz CT molecular complexity index is 1820. The van der Waals surface area contributed by atoms with Gasteiger partial charge in [-0.05, 0) is 55.0 Å². The van der Waals surface area contributed by atoms with Gasteiger partial charge in [-0.1, -0.05) is 35.6 Å². The second-order valence-electron chi connectivity index (χ2n) is 9.12. The van der Waals surface area contributed by atoms with E-state index in [4.69, 9.17) is 23.9 Å². The number of methoxy groups -OCH3 is 4. The van der Waals surface area contributed by atoms with Crippen molar-refractivity contribution in [1.82, 2.24) is 4.57 Å². The first-order valence-electron chi connectivity index (χ1n) is 12.7. The Kier molecular flexibility index (Phi) is 7.93. The second kappa shape index (κ2) is 11.7. The first-order valence-corrected chi connectivity index (χ1v) is 13.5. The van der Waals surface area contributed by atoms with Gasteiger partial charge in [0.1, 0.15) is 17.5 Å². The van der Waals surface area contributed by atoms with Gasteiger partial charge in [-0.15, -0.1) is 0 Å². The number of benzene rings is 3. The standard InChI is InChI=1S/C31H29N3O6S/c1-18-27(29(35)33-20-9-7-6-8-10-20)28(22-13-12-21(37-2)17-24(22)39-4)34-30(36)26(41-31(34)32-18)16-19-11-14-23(38-3)25(15-19)40-5/h6-17,28H,1-5H3,(H,33,35)/b26-16-/t28-/m0/s1. The fraction of sp³-hybridized carbons (Fsp3) is 0.194. The number of hydrogen-bond donors (Lipinski definition) is 1. The number of nitrogens with one attached hydrogen (secondary N) is 1. The first kappa shape index (κ1) is 27.7. The molecule has 0 unspecified atom stereocenters. The molecule has 1 N–H and O–H groups in total. The van der Waals surface area contributed by atoms with E-state index in [1.807, 2.05) is 30.3 Å². The van der Waals surface area contributed by atoms with Crippen LogP contribution in [0.4, 0.5) is 5.69 Å². The summed E-state index contributed by atoms with van der Waals surface area (Å²) < 4.78 is 23.9. The molecule has 210 valence electrons. The van der Waals surface area contributed by atoms with Gasteiger partial charge >= 0.3 is 0 Å². The lowest BCUT2D eigenvalue weighted by molar-refractivity contribution is -0.113. The van der Waals surface area contributed by atoms with Gasteiger partial charge in [-0.25, -0.2) is 4.99 Å². The molecule has 1 aliphatic rings. The maximum absolute atomic E-state index is 14.0. The third kappa shape index (κ3) is 5.33. The van der Waals surface area contributed by atoms with Gasteiger partial charge in [0.25, 0.3) is 11.5 Å². The summed E-state index contributed by atoms with van der Waals surface area (Å²) in [6, 6.07) is 19.1. The topological polar surface area (TPSA) is 100 Å². The highest BCUT2D eigenvalue weighted by molar-refractivity contribution is 7.07. The lowest BCUT2D eigenvalue weighted by Crippen LogP contribution is -2.40. The van der Waals surface area contributed by atoms with E-state index in [1.165, 1.54) is 11.3 Å². The molecule has 0 bridgehead atoms. The lowest BCUT2D eigenvalue weighted by Gasteiger charge is -2.26. The number of rotatable bonds is 8. The minimum atomic E-state index is -0.802. The molecular formula is C31H29N3O6S. The van der Waals surface area contributed by atoms with Gasteiger partial charge < -0.3 is 24.3 Å². The maximum atomic E-state index is 14.0. The molecule has 1 aliphatic heterocycles. The van der Waals surface area contributed by atoms with E-state index < -0.39 is 6.04 Å². The number of carbonyl (C=O) groups is 1. The number of amides is 1. The Morgan fingerprint density at radius 2 is 1.63 bits per heavy atom. The highest BCUT2D eigenvalue weighted by Crippen LogP contribution is 2.37. The molecule has 3 aromatic carbocycles. The molecular weight excluding hydrogens is 542 g/mol. The van der Waals surface area contributed by atoms with Crippen LogP contribution in [0.5, 0.6) is 23.0 Å². The number of nitrogens with zero attached hydrogens (tertiary/aromatic N) is 2. The summed E-state index contributed by atoms with van der Waals surface area (Å²) in [6.45, 7) is 1.77. The molecule has 0 spiro atoms. The molecule has 1 amide bonds. The maximum Gasteiger partial charge on any atom is 0.271 e. The minimum Gasteiger partial charge on any atom is -0.497 e. The average molecular weight is 572 g/mol. The van der Waals surface area contributed by atoms with Gasteiger partial charge in [0.2, 0.25) is 0 Å². The fourth-order valence-electron chi connectivity index (χ4n) is 4.76. The zero-order valence-electron chi connectivity index (χ0n) is 23.3. The van der Waals surface area contributed by atoms with Crippen LogP contribution in [0, 0.1) is 0 Å². The first-order chi connectivity index (χ1) is 19.9. The summed E-state index contributed by atoms with van der Waals surface area (Å²) in [5.41, 5.74) is 2.56. The minimum absolute atomic E-state index is 0.288. The molecule has 1 atom stereocenters. The molecule has 0 fully saturated rings. The molecule has 0 aliphatic carbocycles. The van der Waals surface area contributed by atoms with E-state index in [0.717, 1.165) is 5.56 Å². The van der Waals surface area contributed by atoms with Gasteiger partial charge in [-0.2, -0.15) is 0 Å². The summed E-state index contributed by atoms with van der Waals surface area (Å²) in [5.74, 6) is 1.83. The van der Waals surface area contributed by atoms with E-state index in [9.17, 15) is 9.59 Å². The largest absolute Gasteiger partial charge is 0.497 e. The summed E-state index contributed by atoms with van der Waals surface area (Å²) in [4.78, 5) is 33.0. The quantitative estimate of drug-likeness (QED) is 0.344. The number of allylic oxidation sites excluding steroid dienone is 1. The van der Waals surface area contributed by atoms with E-state index in [0.29, 0.717) is 54.9 Å². The molecule has 9 nitrogen and oxygen atoms in total. The third-order valence-corrected chi connectivity index (χ3v) is 7.72. The molecule has 41 heavy (non-hydrogen) atoms. The van der Waals surface area contributed by atoms with E-state index >= 15 is 0 Å². The predicted molar refractivity (Wildman–Crippen MR) is 158 cm³/mol. The van der Waals surface area contributed by atoms with Crippen molar-refractivity contribution in [3.05, 3.63) is 109 Å². The highest BCUT2D eigenvalue weighted by Gasteiger charge is 2.34.